The Hall–Kier alpha value is -1.90. The quantitative estimate of drug-likeness (QED) is 0.438. The van der Waals surface area contributed by atoms with Crippen molar-refractivity contribution in [1.82, 2.24) is 4.72 Å². The molecule has 3 aromatic rings. The Kier molecular flexibility index (Phi) is 7.55. The van der Waals surface area contributed by atoms with Crippen molar-refractivity contribution in [2.75, 3.05) is 5.32 Å². The van der Waals surface area contributed by atoms with Crippen molar-refractivity contribution in [2.45, 2.75) is 17.4 Å². The van der Waals surface area contributed by atoms with Crippen LogP contribution < -0.4 is 10.0 Å². The molecule has 0 unspecified atom stereocenters. The predicted molar refractivity (Wildman–Crippen MR) is 123 cm³/mol. The fraction of sp³-hybridized carbons (Fsp3) is 0.0952. The number of nitrogens with one attached hydrogen (secondary N) is 2. The molecule has 0 bridgehead atoms. The molecule has 30 heavy (non-hydrogen) atoms. The second kappa shape index (κ2) is 9.94. The summed E-state index contributed by atoms with van der Waals surface area (Å²) in [5.41, 5.74) is 1.10. The zero-order chi connectivity index (χ0) is 21.7. The highest BCUT2D eigenvalue weighted by molar-refractivity contribution is 9.10. The molecule has 0 radical (unpaired) electrons. The molecule has 0 saturated carbocycles. The molecule has 156 valence electrons. The monoisotopic (exact) mass is 526 g/mol. The van der Waals surface area contributed by atoms with Crippen LogP contribution in [0.2, 0.25) is 10.0 Å². The third-order valence-electron chi connectivity index (χ3n) is 4.21. The molecule has 1 amide bonds. The second-order valence-corrected chi connectivity index (χ2v) is 9.90. The molecule has 1 atom stereocenters. The van der Waals surface area contributed by atoms with E-state index in [1.165, 1.54) is 18.2 Å². The number of anilines is 1. The zero-order valence-electron chi connectivity index (χ0n) is 15.5. The van der Waals surface area contributed by atoms with E-state index in [1.54, 1.807) is 24.3 Å². The van der Waals surface area contributed by atoms with E-state index in [2.05, 4.69) is 26.0 Å². The number of carbonyl (C=O) groups excluding carboxylic acids is 1. The lowest BCUT2D eigenvalue weighted by Crippen LogP contribution is -2.45. The summed E-state index contributed by atoms with van der Waals surface area (Å²) in [6, 6.07) is 18.9. The van der Waals surface area contributed by atoms with E-state index in [4.69, 9.17) is 23.2 Å². The van der Waals surface area contributed by atoms with Crippen LogP contribution in [0.25, 0.3) is 0 Å². The summed E-state index contributed by atoms with van der Waals surface area (Å²) in [6.45, 7) is 0. The smallest absolute Gasteiger partial charge is 0.242 e. The van der Waals surface area contributed by atoms with Crippen LogP contribution >= 0.6 is 39.1 Å². The van der Waals surface area contributed by atoms with Gasteiger partial charge >= 0.3 is 0 Å². The Labute approximate surface area is 193 Å². The van der Waals surface area contributed by atoms with Crippen LogP contribution in [0, 0.1) is 0 Å². The molecule has 3 rings (SSSR count). The van der Waals surface area contributed by atoms with Crippen LogP contribution in [-0.2, 0) is 21.2 Å². The van der Waals surface area contributed by atoms with Gasteiger partial charge in [0.25, 0.3) is 0 Å². The lowest BCUT2D eigenvalue weighted by molar-refractivity contribution is -0.117. The highest BCUT2D eigenvalue weighted by Crippen LogP contribution is 2.26. The first-order valence-electron chi connectivity index (χ1n) is 8.82. The summed E-state index contributed by atoms with van der Waals surface area (Å²) in [4.78, 5) is 13.0. The van der Waals surface area contributed by atoms with Gasteiger partial charge in [-0.05, 0) is 54.4 Å². The molecule has 0 aliphatic heterocycles. The highest BCUT2D eigenvalue weighted by Gasteiger charge is 2.26. The molecule has 0 aliphatic rings. The minimum atomic E-state index is -3.94. The fourth-order valence-electron chi connectivity index (χ4n) is 2.72. The molecule has 0 heterocycles. The van der Waals surface area contributed by atoms with Gasteiger partial charge in [0.05, 0.1) is 15.6 Å². The topological polar surface area (TPSA) is 75.3 Å². The van der Waals surface area contributed by atoms with Gasteiger partial charge in [-0.3, -0.25) is 4.79 Å². The number of benzene rings is 3. The van der Waals surface area contributed by atoms with Crippen LogP contribution in [0.5, 0.6) is 0 Å². The first-order valence-corrected chi connectivity index (χ1v) is 11.9. The Morgan fingerprint density at radius 1 is 0.967 bits per heavy atom. The van der Waals surface area contributed by atoms with Crippen molar-refractivity contribution in [1.29, 1.82) is 0 Å². The van der Waals surface area contributed by atoms with E-state index in [9.17, 15) is 13.2 Å². The van der Waals surface area contributed by atoms with Gasteiger partial charge in [0.15, 0.2) is 0 Å². The molecule has 5 nitrogen and oxygen atoms in total. The predicted octanol–water partition coefficient (Wildman–Crippen LogP) is 5.28. The maximum absolute atomic E-state index is 13.0. The van der Waals surface area contributed by atoms with E-state index < -0.39 is 22.0 Å². The maximum Gasteiger partial charge on any atom is 0.242 e. The van der Waals surface area contributed by atoms with E-state index in [-0.39, 0.29) is 11.3 Å². The van der Waals surface area contributed by atoms with Crippen LogP contribution in [0.1, 0.15) is 5.56 Å². The van der Waals surface area contributed by atoms with E-state index in [0.29, 0.717) is 15.7 Å². The molecule has 3 aromatic carbocycles. The van der Waals surface area contributed by atoms with Crippen molar-refractivity contribution in [3.8, 4) is 0 Å². The number of hydrogen-bond acceptors (Lipinski definition) is 3. The summed E-state index contributed by atoms with van der Waals surface area (Å²) < 4.78 is 29.0. The van der Waals surface area contributed by atoms with Crippen molar-refractivity contribution in [2.24, 2.45) is 0 Å². The van der Waals surface area contributed by atoms with Crippen molar-refractivity contribution >= 4 is 60.7 Å². The van der Waals surface area contributed by atoms with Crippen LogP contribution in [0.15, 0.2) is 82.2 Å². The van der Waals surface area contributed by atoms with Crippen LogP contribution in [0.3, 0.4) is 0 Å². The largest absolute Gasteiger partial charge is 0.323 e. The zero-order valence-corrected chi connectivity index (χ0v) is 19.4. The van der Waals surface area contributed by atoms with Crippen LogP contribution in [0.4, 0.5) is 5.69 Å². The summed E-state index contributed by atoms with van der Waals surface area (Å²) in [5, 5.41) is 3.35. The average Bonchev–Trinajstić information content (AvgIpc) is 2.71. The fourth-order valence-corrected chi connectivity index (χ4v) is 4.52. The lowest BCUT2D eigenvalue weighted by atomic mass is 10.1. The van der Waals surface area contributed by atoms with Crippen molar-refractivity contribution in [3.05, 3.63) is 92.9 Å². The summed E-state index contributed by atoms with van der Waals surface area (Å²) in [5.74, 6) is -0.552. The molecular formula is C21H17BrCl2N2O3S. The van der Waals surface area contributed by atoms with E-state index in [0.717, 1.165) is 10.0 Å². The Morgan fingerprint density at radius 3 is 2.30 bits per heavy atom. The van der Waals surface area contributed by atoms with Gasteiger partial charge in [0, 0.05) is 9.50 Å². The van der Waals surface area contributed by atoms with Gasteiger partial charge in [-0.15, -0.1) is 0 Å². The number of rotatable bonds is 7. The SMILES string of the molecule is O=C(Nc1cc(Cl)ccc1Cl)[C@H](Cc1ccccc1)NS(=O)(=O)c1ccc(Br)cc1. The number of amides is 1. The first kappa shape index (κ1) is 22.8. The standard InChI is InChI=1S/C21H17BrCl2N2O3S/c22-15-6-9-17(10-7-15)30(28,29)26-20(12-14-4-2-1-3-5-14)21(27)25-19-13-16(23)8-11-18(19)24/h1-11,13,20,26H,12H2,(H,25,27)/t20-/m0/s1. The van der Waals surface area contributed by atoms with Gasteiger partial charge in [-0.1, -0.05) is 69.5 Å². The number of carbonyl (C=O) groups is 1. The number of hydrogen-bond donors (Lipinski definition) is 2. The van der Waals surface area contributed by atoms with Gasteiger partial charge in [0.1, 0.15) is 6.04 Å². The molecule has 2 N–H and O–H groups in total. The third-order valence-corrected chi connectivity index (χ3v) is 6.79. The van der Waals surface area contributed by atoms with Gasteiger partial charge in [-0.2, -0.15) is 4.72 Å². The molecule has 9 heteroatoms. The number of halogens is 3. The molecule has 0 aromatic heterocycles. The van der Waals surface area contributed by atoms with Gasteiger partial charge in [-0.25, -0.2) is 8.42 Å². The molecule has 0 fully saturated rings. The first-order chi connectivity index (χ1) is 14.2. The third kappa shape index (κ3) is 6.06. The molecule has 0 saturated heterocycles. The molecular weight excluding hydrogens is 511 g/mol. The molecule has 0 aliphatic carbocycles. The van der Waals surface area contributed by atoms with E-state index in [1.807, 2.05) is 30.3 Å². The Bertz CT molecular complexity index is 1140. The summed E-state index contributed by atoms with van der Waals surface area (Å²) >= 11 is 15.4. The Balaban J connectivity index is 1.88. The minimum Gasteiger partial charge on any atom is -0.323 e. The van der Waals surface area contributed by atoms with Gasteiger partial charge in [0.2, 0.25) is 15.9 Å². The van der Waals surface area contributed by atoms with Crippen LogP contribution in [-0.4, -0.2) is 20.4 Å². The maximum atomic E-state index is 13.0. The van der Waals surface area contributed by atoms with Crippen molar-refractivity contribution in [3.63, 3.8) is 0 Å². The minimum absolute atomic E-state index is 0.0531. The highest BCUT2D eigenvalue weighted by atomic mass is 79.9. The van der Waals surface area contributed by atoms with Gasteiger partial charge < -0.3 is 5.32 Å². The number of sulfonamides is 1. The summed E-state index contributed by atoms with van der Waals surface area (Å²) in [7, 11) is -3.94. The van der Waals surface area contributed by atoms with E-state index >= 15 is 0 Å². The molecule has 0 spiro atoms. The second-order valence-electron chi connectivity index (χ2n) is 6.43. The lowest BCUT2D eigenvalue weighted by Gasteiger charge is -2.19. The van der Waals surface area contributed by atoms with Crippen molar-refractivity contribution < 1.29 is 13.2 Å². The normalized spacial score (nSPS) is 12.4. The Morgan fingerprint density at radius 2 is 1.63 bits per heavy atom. The average molecular weight is 528 g/mol. The summed E-state index contributed by atoms with van der Waals surface area (Å²) in [6.07, 6.45) is 0.153.